The zero-order valence-corrected chi connectivity index (χ0v) is 16.2. The van der Waals surface area contributed by atoms with Gasteiger partial charge in [-0.05, 0) is 32.3 Å². The highest BCUT2D eigenvalue weighted by Crippen LogP contribution is 2.25. The van der Waals surface area contributed by atoms with Crippen LogP contribution in [0.5, 0.6) is 0 Å². The summed E-state index contributed by atoms with van der Waals surface area (Å²) in [7, 11) is 0. The zero-order valence-electron chi connectivity index (χ0n) is 16.2. The van der Waals surface area contributed by atoms with Gasteiger partial charge >= 0.3 is 0 Å². The summed E-state index contributed by atoms with van der Waals surface area (Å²) >= 11 is 0. The van der Waals surface area contributed by atoms with E-state index in [9.17, 15) is 4.79 Å². The highest BCUT2D eigenvalue weighted by atomic mass is 16.1. The highest BCUT2D eigenvalue weighted by molar-refractivity contribution is 5.91. The lowest BCUT2D eigenvalue weighted by molar-refractivity contribution is 0.405. The maximum atomic E-state index is 12.8. The van der Waals surface area contributed by atoms with Gasteiger partial charge in [0.1, 0.15) is 11.9 Å². The molecule has 9 heteroatoms. The molecule has 29 heavy (non-hydrogen) atoms. The maximum Gasteiger partial charge on any atom is 0.254 e. The van der Waals surface area contributed by atoms with Crippen LogP contribution in [0.3, 0.4) is 0 Å². The molecule has 5 heterocycles. The predicted molar refractivity (Wildman–Crippen MR) is 110 cm³/mol. The van der Waals surface area contributed by atoms with E-state index in [1.54, 1.807) is 33.9 Å². The molecule has 0 aliphatic carbocycles. The minimum Gasteiger partial charge on any atom is -0.371 e. The van der Waals surface area contributed by atoms with Gasteiger partial charge in [-0.1, -0.05) is 5.21 Å². The first-order chi connectivity index (χ1) is 14.2. The molecule has 0 spiro atoms. The van der Waals surface area contributed by atoms with Crippen molar-refractivity contribution in [3.63, 3.8) is 0 Å². The lowest BCUT2D eigenvalue weighted by Gasteiger charge is -2.29. The van der Waals surface area contributed by atoms with Crippen LogP contribution >= 0.6 is 0 Å². The SMILES string of the molecule is CC(n1cc(-c2cncc3[nH]ncc23)nn1)n1ccc(N2CCCCC2)cc1=O. The van der Waals surface area contributed by atoms with Gasteiger partial charge in [-0.25, -0.2) is 4.68 Å². The molecule has 1 unspecified atom stereocenters. The molecule has 1 aliphatic heterocycles. The number of nitrogens with one attached hydrogen (secondary N) is 1. The smallest absolute Gasteiger partial charge is 0.254 e. The summed E-state index contributed by atoms with van der Waals surface area (Å²) < 4.78 is 3.36. The first-order valence-electron chi connectivity index (χ1n) is 9.87. The van der Waals surface area contributed by atoms with Gasteiger partial charge in [-0.3, -0.25) is 19.4 Å². The van der Waals surface area contributed by atoms with Crippen molar-refractivity contribution in [2.75, 3.05) is 18.0 Å². The van der Waals surface area contributed by atoms with Crippen molar-refractivity contribution in [2.45, 2.75) is 32.4 Å². The molecule has 1 aliphatic rings. The van der Waals surface area contributed by atoms with E-state index in [1.165, 1.54) is 19.3 Å². The molecule has 0 amide bonds. The van der Waals surface area contributed by atoms with E-state index >= 15 is 0 Å². The average Bonchev–Trinajstić information content (AvgIpc) is 3.43. The number of aromatic amines is 1. The molecule has 0 bridgehead atoms. The lowest BCUT2D eigenvalue weighted by atomic mass is 10.1. The van der Waals surface area contributed by atoms with Crippen LogP contribution in [-0.4, -0.2) is 47.8 Å². The fourth-order valence-electron chi connectivity index (χ4n) is 3.92. The Labute approximate surface area is 167 Å². The summed E-state index contributed by atoms with van der Waals surface area (Å²) in [4.78, 5) is 19.3. The largest absolute Gasteiger partial charge is 0.371 e. The van der Waals surface area contributed by atoms with Crippen LogP contribution < -0.4 is 10.5 Å². The molecular weight excluding hydrogens is 368 g/mol. The van der Waals surface area contributed by atoms with Gasteiger partial charge in [0, 0.05) is 48.2 Å². The number of hydrogen-bond donors (Lipinski definition) is 1. The van der Waals surface area contributed by atoms with Crippen molar-refractivity contribution in [2.24, 2.45) is 0 Å². The van der Waals surface area contributed by atoms with Gasteiger partial charge in [0.15, 0.2) is 0 Å². The Morgan fingerprint density at radius 3 is 2.83 bits per heavy atom. The number of pyridine rings is 2. The van der Waals surface area contributed by atoms with Crippen molar-refractivity contribution >= 4 is 16.6 Å². The summed E-state index contributed by atoms with van der Waals surface area (Å²) in [6.07, 6.45) is 12.2. The second-order valence-electron chi connectivity index (χ2n) is 7.41. The molecule has 5 rings (SSSR count). The van der Waals surface area contributed by atoms with Crippen molar-refractivity contribution in [1.82, 2.24) is 34.7 Å². The third-order valence-electron chi connectivity index (χ3n) is 5.59. The van der Waals surface area contributed by atoms with Gasteiger partial charge in [0.25, 0.3) is 5.56 Å². The fourth-order valence-corrected chi connectivity index (χ4v) is 3.92. The van der Waals surface area contributed by atoms with E-state index in [1.807, 2.05) is 25.4 Å². The first-order valence-corrected chi connectivity index (χ1v) is 9.87. The Kier molecular flexibility index (Phi) is 4.34. The van der Waals surface area contributed by atoms with Crippen molar-refractivity contribution in [1.29, 1.82) is 0 Å². The van der Waals surface area contributed by atoms with E-state index in [0.717, 1.165) is 35.2 Å². The summed E-state index contributed by atoms with van der Waals surface area (Å²) in [6, 6.07) is 3.73. The third kappa shape index (κ3) is 3.18. The summed E-state index contributed by atoms with van der Waals surface area (Å²) in [5.41, 5.74) is 3.33. The molecule has 0 aromatic carbocycles. The third-order valence-corrected chi connectivity index (χ3v) is 5.59. The van der Waals surface area contributed by atoms with Crippen LogP contribution in [0.4, 0.5) is 5.69 Å². The molecule has 0 saturated carbocycles. The number of piperidine rings is 1. The van der Waals surface area contributed by atoms with Gasteiger partial charge in [0.2, 0.25) is 0 Å². The van der Waals surface area contributed by atoms with E-state index < -0.39 is 0 Å². The van der Waals surface area contributed by atoms with Crippen LogP contribution in [-0.2, 0) is 0 Å². The molecule has 9 nitrogen and oxygen atoms in total. The molecule has 1 N–H and O–H groups in total. The monoisotopic (exact) mass is 390 g/mol. The quantitative estimate of drug-likeness (QED) is 0.575. The molecule has 148 valence electrons. The standard InChI is InChI=1S/C20H22N8O/c1-14(27-8-5-15(9-20(27)29)26-6-3-2-4-7-26)28-13-19(24-25-28)16-10-21-12-18-17(16)11-22-23-18/h5,8-14H,2-4,6-7H2,1H3,(H,22,23). The number of aromatic nitrogens is 7. The van der Waals surface area contributed by atoms with Crippen LogP contribution in [0.2, 0.25) is 0 Å². The number of rotatable bonds is 4. The second-order valence-corrected chi connectivity index (χ2v) is 7.41. The van der Waals surface area contributed by atoms with E-state index in [4.69, 9.17) is 0 Å². The van der Waals surface area contributed by atoms with Crippen molar-refractivity contribution < 1.29 is 0 Å². The second kappa shape index (κ2) is 7.16. The first kappa shape index (κ1) is 17.6. The van der Waals surface area contributed by atoms with E-state index in [0.29, 0.717) is 5.69 Å². The number of H-pyrrole nitrogens is 1. The van der Waals surface area contributed by atoms with Crippen LogP contribution in [0.1, 0.15) is 32.4 Å². The van der Waals surface area contributed by atoms with Crippen LogP contribution in [0.25, 0.3) is 22.2 Å². The average molecular weight is 390 g/mol. The van der Waals surface area contributed by atoms with E-state index in [-0.39, 0.29) is 11.7 Å². The Balaban J connectivity index is 1.43. The van der Waals surface area contributed by atoms with Gasteiger partial charge in [-0.15, -0.1) is 5.10 Å². The Morgan fingerprint density at radius 2 is 2.00 bits per heavy atom. The summed E-state index contributed by atoms with van der Waals surface area (Å²) in [6.45, 7) is 3.95. The molecule has 0 radical (unpaired) electrons. The van der Waals surface area contributed by atoms with Gasteiger partial charge in [0.05, 0.1) is 24.1 Å². The zero-order chi connectivity index (χ0) is 19.8. The topological polar surface area (TPSA) is 97.5 Å². The number of hydrogen-bond acceptors (Lipinski definition) is 6. The number of anilines is 1. The molecule has 1 fully saturated rings. The summed E-state index contributed by atoms with van der Waals surface area (Å²) in [5.74, 6) is 0. The Morgan fingerprint density at radius 1 is 1.14 bits per heavy atom. The van der Waals surface area contributed by atoms with Crippen LogP contribution in [0, 0.1) is 0 Å². The summed E-state index contributed by atoms with van der Waals surface area (Å²) in [5, 5.41) is 16.4. The molecule has 4 aromatic heterocycles. The minimum atomic E-state index is -0.296. The normalized spacial score (nSPS) is 15.7. The molecule has 1 saturated heterocycles. The Hall–Kier alpha value is -3.49. The minimum absolute atomic E-state index is 0.0452. The van der Waals surface area contributed by atoms with Crippen molar-refractivity contribution in [3.8, 4) is 11.3 Å². The van der Waals surface area contributed by atoms with Crippen LogP contribution in [0.15, 0.2) is 47.9 Å². The predicted octanol–water partition coefficient (Wildman–Crippen LogP) is 2.44. The van der Waals surface area contributed by atoms with Gasteiger partial charge < -0.3 is 4.90 Å². The Bertz CT molecular complexity index is 1200. The lowest BCUT2D eigenvalue weighted by Crippen LogP contribution is -2.32. The fraction of sp³-hybridized carbons (Fsp3) is 0.350. The van der Waals surface area contributed by atoms with Crippen molar-refractivity contribution in [3.05, 3.63) is 53.5 Å². The molecular formula is C20H22N8O. The van der Waals surface area contributed by atoms with Gasteiger partial charge in [-0.2, -0.15) is 5.10 Å². The molecule has 1 atom stereocenters. The number of nitrogens with zero attached hydrogens (tertiary/aromatic N) is 7. The number of fused-ring (bicyclic) bond motifs is 1. The highest BCUT2D eigenvalue weighted by Gasteiger charge is 2.16. The van der Waals surface area contributed by atoms with E-state index in [2.05, 4.69) is 30.4 Å². The molecule has 4 aromatic rings. The maximum absolute atomic E-state index is 12.8.